The summed E-state index contributed by atoms with van der Waals surface area (Å²) in [5.41, 5.74) is 11.2. The van der Waals surface area contributed by atoms with Crippen molar-refractivity contribution in [3.05, 3.63) is 23.9 Å². The monoisotopic (exact) mass is 236 g/mol. The van der Waals surface area contributed by atoms with E-state index in [0.29, 0.717) is 12.1 Å². The van der Waals surface area contributed by atoms with Gasteiger partial charge < -0.3 is 16.8 Å². The highest BCUT2D eigenvalue weighted by molar-refractivity contribution is 5.92. The maximum absolute atomic E-state index is 10.9. The molecular weight excluding hydrogens is 216 g/mol. The van der Waals surface area contributed by atoms with Gasteiger partial charge in [0.2, 0.25) is 5.91 Å². The Morgan fingerprint density at radius 2 is 2.29 bits per heavy atom. The van der Waals surface area contributed by atoms with Gasteiger partial charge in [-0.2, -0.15) is 0 Å². The van der Waals surface area contributed by atoms with Gasteiger partial charge in [-0.1, -0.05) is 19.8 Å². The van der Waals surface area contributed by atoms with Crippen molar-refractivity contribution in [2.24, 2.45) is 11.5 Å². The number of aromatic nitrogens is 1. The SMILES string of the molecule is CCCCC(CN)Nc1ccc(C(N)=O)cn1. The number of unbranched alkanes of at least 4 members (excludes halogenated alkanes) is 1. The molecule has 0 radical (unpaired) electrons. The Morgan fingerprint density at radius 3 is 2.76 bits per heavy atom. The zero-order chi connectivity index (χ0) is 12.7. The lowest BCUT2D eigenvalue weighted by Gasteiger charge is -2.16. The molecular formula is C12H20N4O. The molecule has 0 aliphatic carbocycles. The van der Waals surface area contributed by atoms with Crippen LogP contribution in [-0.2, 0) is 0 Å². The molecule has 1 rings (SSSR count). The molecule has 1 amide bonds. The molecule has 0 fully saturated rings. The zero-order valence-corrected chi connectivity index (χ0v) is 10.1. The van der Waals surface area contributed by atoms with Crippen LogP contribution in [0.25, 0.3) is 0 Å². The van der Waals surface area contributed by atoms with Gasteiger partial charge >= 0.3 is 0 Å². The van der Waals surface area contributed by atoms with Gasteiger partial charge in [0.15, 0.2) is 0 Å². The van der Waals surface area contributed by atoms with Crippen molar-refractivity contribution < 1.29 is 4.79 Å². The van der Waals surface area contributed by atoms with Crippen molar-refractivity contribution in [2.45, 2.75) is 32.2 Å². The molecule has 0 bridgehead atoms. The number of nitrogens with two attached hydrogens (primary N) is 2. The average molecular weight is 236 g/mol. The summed E-state index contributed by atoms with van der Waals surface area (Å²) in [4.78, 5) is 15.0. The molecule has 17 heavy (non-hydrogen) atoms. The van der Waals surface area contributed by atoms with Crippen molar-refractivity contribution in [1.29, 1.82) is 0 Å². The highest BCUT2D eigenvalue weighted by Gasteiger charge is 2.07. The van der Waals surface area contributed by atoms with Gasteiger partial charge in [0.25, 0.3) is 0 Å². The van der Waals surface area contributed by atoms with Crippen LogP contribution in [0, 0.1) is 0 Å². The predicted octanol–water partition coefficient (Wildman–Crippen LogP) is 1.11. The van der Waals surface area contributed by atoms with Gasteiger partial charge in [-0.3, -0.25) is 4.79 Å². The molecule has 0 spiro atoms. The van der Waals surface area contributed by atoms with Crippen molar-refractivity contribution in [2.75, 3.05) is 11.9 Å². The molecule has 0 aliphatic rings. The Balaban J connectivity index is 2.57. The van der Waals surface area contributed by atoms with Crippen LogP contribution < -0.4 is 16.8 Å². The van der Waals surface area contributed by atoms with E-state index in [1.165, 1.54) is 6.20 Å². The number of amides is 1. The summed E-state index contributed by atoms with van der Waals surface area (Å²) in [6.45, 7) is 2.72. The smallest absolute Gasteiger partial charge is 0.250 e. The van der Waals surface area contributed by atoms with E-state index in [1.807, 2.05) is 0 Å². The number of rotatable bonds is 7. The number of primary amides is 1. The second-order valence-corrected chi connectivity index (χ2v) is 4.02. The summed E-state index contributed by atoms with van der Waals surface area (Å²) in [7, 11) is 0. The molecule has 1 heterocycles. The van der Waals surface area contributed by atoms with Crippen LogP contribution in [-0.4, -0.2) is 23.5 Å². The Morgan fingerprint density at radius 1 is 1.53 bits per heavy atom. The molecule has 0 saturated carbocycles. The van der Waals surface area contributed by atoms with Crippen LogP contribution in [0.3, 0.4) is 0 Å². The third-order valence-electron chi connectivity index (χ3n) is 2.59. The second kappa shape index (κ2) is 6.85. The first-order valence-corrected chi connectivity index (χ1v) is 5.89. The van der Waals surface area contributed by atoms with E-state index in [2.05, 4.69) is 17.2 Å². The van der Waals surface area contributed by atoms with Crippen LogP contribution in [0.4, 0.5) is 5.82 Å². The minimum atomic E-state index is -0.467. The van der Waals surface area contributed by atoms with Crippen LogP contribution in [0.15, 0.2) is 18.3 Å². The summed E-state index contributed by atoms with van der Waals surface area (Å²) in [6.07, 6.45) is 4.77. The standard InChI is InChI=1S/C12H20N4O/c1-2-3-4-10(7-13)16-11-6-5-9(8-15-11)12(14)17/h5-6,8,10H,2-4,7,13H2,1H3,(H2,14,17)(H,15,16). The van der Waals surface area contributed by atoms with E-state index >= 15 is 0 Å². The summed E-state index contributed by atoms with van der Waals surface area (Å²) >= 11 is 0. The largest absolute Gasteiger partial charge is 0.366 e. The second-order valence-electron chi connectivity index (χ2n) is 4.02. The number of nitrogens with zero attached hydrogens (tertiary/aromatic N) is 1. The Bertz CT molecular complexity index is 350. The summed E-state index contributed by atoms with van der Waals surface area (Å²) in [5, 5.41) is 3.24. The maximum Gasteiger partial charge on any atom is 0.250 e. The molecule has 94 valence electrons. The minimum Gasteiger partial charge on any atom is -0.366 e. The summed E-state index contributed by atoms with van der Waals surface area (Å²) in [6, 6.07) is 3.63. The number of carbonyl (C=O) groups is 1. The first-order chi connectivity index (χ1) is 8.17. The van der Waals surface area contributed by atoms with Gasteiger partial charge in [-0.15, -0.1) is 0 Å². The molecule has 1 unspecified atom stereocenters. The van der Waals surface area contributed by atoms with Crippen molar-refractivity contribution in [1.82, 2.24) is 4.98 Å². The predicted molar refractivity (Wildman–Crippen MR) is 68.7 cm³/mol. The quantitative estimate of drug-likeness (QED) is 0.661. The van der Waals surface area contributed by atoms with Crippen LogP contribution in [0.5, 0.6) is 0 Å². The first kappa shape index (κ1) is 13.4. The van der Waals surface area contributed by atoms with E-state index in [4.69, 9.17) is 11.5 Å². The third kappa shape index (κ3) is 4.40. The first-order valence-electron chi connectivity index (χ1n) is 5.89. The number of pyridine rings is 1. The molecule has 5 heteroatoms. The van der Waals surface area contributed by atoms with Gasteiger partial charge in [0.1, 0.15) is 5.82 Å². The zero-order valence-electron chi connectivity index (χ0n) is 10.1. The third-order valence-corrected chi connectivity index (χ3v) is 2.59. The molecule has 5 nitrogen and oxygen atoms in total. The highest BCUT2D eigenvalue weighted by Crippen LogP contribution is 2.09. The molecule has 1 aromatic heterocycles. The summed E-state index contributed by atoms with van der Waals surface area (Å²) < 4.78 is 0. The number of hydrogen-bond donors (Lipinski definition) is 3. The van der Waals surface area contributed by atoms with E-state index in [0.717, 1.165) is 25.1 Å². The van der Waals surface area contributed by atoms with E-state index in [9.17, 15) is 4.79 Å². The number of anilines is 1. The van der Waals surface area contributed by atoms with E-state index in [1.54, 1.807) is 12.1 Å². The van der Waals surface area contributed by atoms with Crippen molar-refractivity contribution >= 4 is 11.7 Å². The van der Waals surface area contributed by atoms with Crippen molar-refractivity contribution in [3.63, 3.8) is 0 Å². The number of carbonyl (C=O) groups excluding carboxylic acids is 1. The van der Waals surface area contributed by atoms with Crippen LogP contribution >= 0.6 is 0 Å². The molecule has 0 aromatic carbocycles. The lowest BCUT2D eigenvalue weighted by atomic mass is 10.1. The van der Waals surface area contributed by atoms with Gasteiger partial charge in [-0.25, -0.2) is 4.98 Å². The fraction of sp³-hybridized carbons (Fsp3) is 0.500. The minimum absolute atomic E-state index is 0.224. The normalized spacial score (nSPS) is 12.1. The highest BCUT2D eigenvalue weighted by atomic mass is 16.1. The van der Waals surface area contributed by atoms with E-state index < -0.39 is 5.91 Å². The fourth-order valence-electron chi connectivity index (χ4n) is 1.53. The molecule has 1 atom stereocenters. The van der Waals surface area contributed by atoms with Gasteiger partial charge in [-0.05, 0) is 18.6 Å². The molecule has 5 N–H and O–H groups in total. The maximum atomic E-state index is 10.9. The Labute approximate surface area is 102 Å². The van der Waals surface area contributed by atoms with Crippen molar-refractivity contribution in [3.8, 4) is 0 Å². The van der Waals surface area contributed by atoms with E-state index in [-0.39, 0.29) is 6.04 Å². The fourth-order valence-corrected chi connectivity index (χ4v) is 1.53. The molecule has 0 saturated heterocycles. The number of nitrogens with one attached hydrogen (secondary N) is 1. The molecule has 1 aromatic rings. The lowest BCUT2D eigenvalue weighted by Crippen LogP contribution is -2.29. The van der Waals surface area contributed by atoms with Crippen LogP contribution in [0.1, 0.15) is 36.5 Å². The topological polar surface area (TPSA) is 94.0 Å². The lowest BCUT2D eigenvalue weighted by molar-refractivity contribution is 0.1000. The summed E-state index contributed by atoms with van der Waals surface area (Å²) in [5.74, 6) is 0.256. The molecule has 0 aliphatic heterocycles. The van der Waals surface area contributed by atoms with Crippen LogP contribution in [0.2, 0.25) is 0 Å². The Hall–Kier alpha value is -1.62. The van der Waals surface area contributed by atoms with Gasteiger partial charge in [0, 0.05) is 18.8 Å². The van der Waals surface area contributed by atoms with Gasteiger partial charge in [0.05, 0.1) is 5.56 Å². The Kier molecular flexibility index (Phi) is 5.42. The average Bonchev–Trinajstić information content (AvgIpc) is 2.35. The number of hydrogen-bond acceptors (Lipinski definition) is 4.